The molecular formula is C12H16ClNO3. The average Bonchev–Trinajstić information content (AvgIpc) is 2.32. The Morgan fingerprint density at radius 1 is 1.41 bits per heavy atom. The number of benzene rings is 1. The standard InChI is InChI=1S/C12H16ClNO3/c1-16-6-5-14-12(15)7-9-3-4-10(17-2)8-11(9)13/h3-4,8H,5-7H2,1-2H3,(H,14,15). The molecule has 0 heterocycles. The number of amides is 1. The molecule has 1 aromatic rings. The summed E-state index contributed by atoms with van der Waals surface area (Å²) in [5.41, 5.74) is 0.780. The van der Waals surface area contributed by atoms with E-state index in [1.54, 1.807) is 32.4 Å². The van der Waals surface area contributed by atoms with E-state index in [4.69, 9.17) is 21.1 Å². The molecule has 94 valence electrons. The van der Waals surface area contributed by atoms with Crippen LogP contribution in [0, 0.1) is 0 Å². The second-order valence-electron chi connectivity index (χ2n) is 3.48. The number of carbonyl (C=O) groups is 1. The van der Waals surface area contributed by atoms with Crippen LogP contribution in [0.15, 0.2) is 18.2 Å². The summed E-state index contributed by atoms with van der Waals surface area (Å²) in [5.74, 6) is 0.604. The second kappa shape index (κ2) is 7.14. The maximum Gasteiger partial charge on any atom is 0.224 e. The lowest BCUT2D eigenvalue weighted by Crippen LogP contribution is -2.28. The topological polar surface area (TPSA) is 47.6 Å². The smallest absolute Gasteiger partial charge is 0.224 e. The molecule has 1 aromatic carbocycles. The first-order chi connectivity index (χ1) is 8.17. The van der Waals surface area contributed by atoms with Crippen LogP contribution < -0.4 is 10.1 Å². The van der Waals surface area contributed by atoms with Gasteiger partial charge >= 0.3 is 0 Å². The Balaban J connectivity index is 2.53. The molecule has 0 aromatic heterocycles. The predicted octanol–water partition coefficient (Wildman–Crippen LogP) is 1.65. The fraction of sp³-hybridized carbons (Fsp3) is 0.417. The van der Waals surface area contributed by atoms with Gasteiger partial charge in [-0.05, 0) is 17.7 Å². The summed E-state index contributed by atoms with van der Waals surface area (Å²) in [6, 6.07) is 5.26. The van der Waals surface area contributed by atoms with E-state index in [-0.39, 0.29) is 12.3 Å². The number of halogens is 1. The summed E-state index contributed by atoms with van der Waals surface area (Å²) in [4.78, 5) is 11.5. The third-order valence-corrected chi connectivity index (χ3v) is 2.59. The van der Waals surface area contributed by atoms with Crippen molar-refractivity contribution in [2.24, 2.45) is 0 Å². The van der Waals surface area contributed by atoms with Gasteiger partial charge in [0.15, 0.2) is 0 Å². The first kappa shape index (κ1) is 13.8. The fourth-order valence-electron chi connectivity index (χ4n) is 1.33. The van der Waals surface area contributed by atoms with E-state index in [9.17, 15) is 4.79 Å². The Labute approximate surface area is 106 Å². The van der Waals surface area contributed by atoms with Gasteiger partial charge < -0.3 is 14.8 Å². The summed E-state index contributed by atoms with van der Waals surface area (Å²) in [5, 5.41) is 3.27. The Morgan fingerprint density at radius 2 is 2.18 bits per heavy atom. The highest BCUT2D eigenvalue weighted by Crippen LogP contribution is 2.22. The normalized spacial score (nSPS) is 10.1. The lowest BCUT2D eigenvalue weighted by molar-refractivity contribution is -0.120. The van der Waals surface area contributed by atoms with Crippen LogP contribution >= 0.6 is 11.6 Å². The molecule has 0 spiro atoms. The molecule has 17 heavy (non-hydrogen) atoms. The Kier molecular flexibility index (Phi) is 5.80. The largest absolute Gasteiger partial charge is 0.497 e. The molecule has 1 rings (SSSR count). The van der Waals surface area contributed by atoms with E-state index in [1.165, 1.54) is 0 Å². The van der Waals surface area contributed by atoms with Crippen LogP contribution in [0.3, 0.4) is 0 Å². The molecule has 4 nitrogen and oxygen atoms in total. The van der Waals surface area contributed by atoms with Gasteiger partial charge in [0.1, 0.15) is 5.75 Å². The van der Waals surface area contributed by atoms with Crippen molar-refractivity contribution in [1.82, 2.24) is 5.32 Å². The van der Waals surface area contributed by atoms with E-state index >= 15 is 0 Å². The monoisotopic (exact) mass is 257 g/mol. The Bertz CT molecular complexity index is 382. The molecule has 0 saturated heterocycles. The van der Waals surface area contributed by atoms with Gasteiger partial charge in [-0.1, -0.05) is 17.7 Å². The summed E-state index contributed by atoms with van der Waals surface area (Å²) < 4.78 is 9.87. The molecule has 0 unspecified atom stereocenters. The minimum absolute atomic E-state index is 0.0749. The minimum Gasteiger partial charge on any atom is -0.497 e. The zero-order valence-corrected chi connectivity index (χ0v) is 10.7. The van der Waals surface area contributed by atoms with Gasteiger partial charge in [0, 0.05) is 18.7 Å². The van der Waals surface area contributed by atoms with Crippen molar-refractivity contribution < 1.29 is 14.3 Å². The predicted molar refractivity (Wildman–Crippen MR) is 66.6 cm³/mol. The van der Waals surface area contributed by atoms with E-state index < -0.39 is 0 Å². The number of hydrogen-bond donors (Lipinski definition) is 1. The lowest BCUT2D eigenvalue weighted by atomic mass is 10.1. The lowest BCUT2D eigenvalue weighted by Gasteiger charge is -2.07. The van der Waals surface area contributed by atoms with E-state index in [2.05, 4.69) is 5.32 Å². The fourth-order valence-corrected chi connectivity index (χ4v) is 1.56. The maximum absolute atomic E-state index is 11.5. The number of methoxy groups -OCH3 is 2. The van der Waals surface area contributed by atoms with Crippen molar-refractivity contribution >= 4 is 17.5 Å². The van der Waals surface area contributed by atoms with E-state index in [0.717, 1.165) is 5.56 Å². The van der Waals surface area contributed by atoms with Crippen molar-refractivity contribution in [2.75, 3.05) is 27.4 Å². The number of ether oxygens (including phenoxy) is 2. The summed E-state index contributed by atoms with van der Waals surface area (Å²) in [7, 11) is 3.16. The quantitative estimate of drug-likeness (QED) is 0.789. The zero-order valence-electron chi connectivity index (χ0n) is 9.96. The molecule has 1 amide bonds. The third-order valence-electron chi connectivity index (χ3n) is 2.24. The van der Waals surface area contributed by atoms with Crippen LogP contribution in [0.2, 0.25) is 5.02 Å². The van der Waals surface area contributed by atoms with E-state index in [1.807, 2.05) is 0 Å². The first-order valence-corrected chi connectivity index (χ1v) is 5.63. The molecular weight excluding hydrogens is 242 g/mol. The molecule has 0 atom stereocenters. The van der Waals surface area contributed by atoms with Crippen LogP contribution in [-0.4, -0.2) is 33.3 Å². The van der Waals surface area contributed by atoms with Crippen LogP contribution in [0.5, 0.6) is 5.75 Å². The van der Waals surface area contributed by atoms with Crippen molar-refractivity contribution in [3.8, 4) is 5.75 Å². The maximum atomic E-state index is 11.5. The van der Waals surface area contributed by atoms with Crippen LogP contribution in [-0.2, 0) is 16.0 Å². The highest BCUT2D eigenvalue weighted by Gasteiger charge is 2.07. The summed E-state index contributed by atoms with van der Waals surface area (Å²) in [6.45, 7) is 1.01. The number of carbonyl (C=O) groups excluding carboxylic acids is 1. The zero-order chi connectivity index (χ0) is 12.7. The van der Waals surface area contributed by atoms with Crippen molar-refractivity contribution in [2.45, 2.75) is 6.42 Å². The highest BCUT2D eigenvalue weighted by atomic mass is 35.5. The van der Waals surface area contributed by atoms with Crippen LogP contribution in [0.1, 0.15) is 5.56 Å². The Hall–Kier alpha value is -1.26. The van der Waals surface area contributed by atoms with Crippen LogP contribution in [0.25, 0.3) is 0 Å². The highest BCUT2D eigenvalue weighted by molar-refractivity contribution is 6.31. The van der Waals surface area contributed by atoms with Crippen molar-refractivity contribution in [3.05, 3.63) is 28.8 Å². The molecule has 0 radical (unpaired) electrons. The molecule has 0 aliphatic carbocycles. The molecule has 0 bridgehead atoms. The summed E-state index contributed by atoms with van der Waals surface area (Å²) in [6.07, 6.45) is 0.256. The van der Waals surface area contributed by atoms with Gasteiger partial charge in [-0.2, -0.15) is 0 Å². The molecule has 5 heteroatoms. The van der Waals surface area contributed by atoms with Crippen molar-refractivity contribution in [3.63, 3.8) is 0 Å². The van der Waals surface area contributed by atoms with Gasteiger partial charge in [0.2, 0.25) is 5.91 Å². The molecule has 0 aliphatic heterocycles. The van der Waals surface area contributed by atoms with Crippen molar-refractivity contribution in [1.29, 1.82) is 0 Å². The van der Waals surface area contributed by atoms with Gasteiger partial charge in [-0.3, -0.25) is 4.79 Å². The molecule has 0 fully saturated rings. The first-order valence-electron chi connectivity index (χ1n) is 5.25. The van der Waals surface area contributed by atoms with Gasteiger partial charge in [0.25, 0.3) is 0 Å². The Morgan fingerprint density at radius 3 is 2.76 bits per heavy atom. The van der Waals surface area contributed by atoms with Gasteiger partial charge in [-0.25, -0.2) is 0 Å². The second-order valence-corrected chi connectivity index (χ2v) is 3.88. The number of rotatable bonds is 6. The number of nitrogens with one attached hydrogen (secondary N) is 1. The SMILES string of the molecule is COCCNC(=O)Cc1ccc(OC)cc1Cl. The average molecular weight is 258 g/mol. The van der Waals surface area contributed by atoms with E-state index in [0.29, 0.717) is 23.9 Å². The third kappa shape index (κ3) is 4.63. The van der Waals surface area contributed by atoms with Gasteiger partial charge in [0.05, 0.1) is 20.1 Å². The molecule has 0 aliphatic rings. The number of hydrogen-bond acceptors (Lipinski definition) is 3. The van der Waals surface area contributed by atoms with Gasteiger partial charge in [-0.15, -0.1) is 0 Å². The summed E-state index contributed by atoms with van der Waals surface area (Å²) >= 11 is 6.03. The molecule has 1 N–H and O–H groups in total. The van der Waals surface area contributed by atoms with Crippen LogP contribution in [0.4, 0.5) is 0 Å². The minimum atomic E-state index is -0.0749. The molecule has 0 saturated carbocycles.